The molecule has 1 aliphatic carbocycles. The maximum absolute atomic E-state index is 13.2. The summed E-state index contributed by atoms with van der Waals surface area (Å²) in [5, 5.41) is 5.29. The molecule has 0 spiro atoms. The van der Waals surface area contributed by atoms with Crippen molar-refractivity contribution in [2.24, 2.45) is 5.41 Å². The molecule has 1 heterocycles. The van der Waals surface area contributed by atoms with E-state index in [9.17, 15) is 9.59 Å². The van der Waals surface area contributed by atoms with E-state index in [0.29, 0.717) is 28.6 Å². The van der Waals surface area contributed by atoms with Crippen molar-refractivity contribution in [2.75, 3.05) is 7.11 Å². The standard InChI is InChI=1S/C25H28ClN3O3/c1-25(2,3)14-21(30)17-5-6-18(22(13-17)32-4)15-28-24(31)29(20-11-12-20)23(27-28)16-7-9-19(26)10-8-16/h5-10,13,20H,11-12,14-15H2,1-4H3. The van der Waals surface area contributed by atoms with Gasteiger partial charge in [0.15, 0.2) is 11.6 Å². The topological polar surface area (TPSA) is 66.1 Å². The van der Waals surface area contributed by atoms with Crippen LogP contribution in [0.3, 0.4) is 0 Å². The average Bonchev–Trinajstić information content (AvgIpc) is 3.52. The second-order valence-electron chi connectivity index (χ2n) is 9.56. The molecule has 168 valence electrons. The number of aromatic nitrogens is 3. The first kappa shape index (κ1) is 22.3. The highest BCUT2D eigenvalue weighted by atomic mass is 35.5. The molecule has 1 fully saturated rings. The van der Waals surface area contributed by atoms with E-state index in [1.165, 1.54) is 4.68 Å². The van der Waals surface area contributed by atoms with Crippen molar-refractivity contribution in [2.45, 2.75) is 52.6 Å². The number of carbonyl (C=O) groups excluding carboxylic acids is 1. The Kier molecular flexibility index (Phi) is 5.99. The SMILES string of the molecule is COc1cc(C(=O)CC(C)(C)C)ccc1Cn1nc(-c2ccc(Cl)cc2)n(C2CC2)c1=O. The number of ketones is 1. The van der Waals surface area contributed by atoms with E-state index in [0.717, 1.165) is 24.0 Å². The van der Waals surface area contributed by atoms with Crippen molar-refractivity contribution in [1.29, 1.82) is 0 Å². The van der Waals surface area contributed by atoms with Crippen LogP contribution in [0, 0.1) is 5.41 Å². The fraction of sp³-hybridized carbons (Fsp3) is 0.400. The molecule has 0 saturated heterocycles. The summed E-state index contributed by atoms with van der Waals surface area (Å²) in [5.41, 5.74) is 2.02. The molecule has 32 heavy (non-hydrogen) atoms. The Morgan fingerprint density at radius 3 is 2.44 bits per heavy atom. The van der Waals surface area contributed by atoms with Gasteiger partial charge in [-0.3, -0.25) is 9.36 Å². The van der Waals surface area contributed by atoms with E-state index in [2.05, 4.69) is 5.10 Å². The zero-order chi connectivity index (χ0) is 23.0. The second-order valence-corrected chi connectivity index (χ2v) is 10.00. The van der Waals surface area contributed by atoms with Gasteiger partial charge in [-0.05, 0) is 48.6 Å². The van der Waals surface area contributed by atoms with Gasteiger partial charge in [-0.15, -0.1) is 5.10 Å². The second kappa shape index (κ2) is 8.58. The molecular formula is C25H28ClN3O3. The van der Waals surface area contributed by atoms with Gasteiger partial charge in [0.05, 0.1) is 13.7 Å². The molecule has 0 atom stereocenters. The van der Waals surface area contributed by atoms with Gasteiger partial charge < -0.3 is 4.74 Å². The number of Topliss-reactive ketones (excluding diaryl/α,β-unsaturated/α-hetero) is 1. The molecule has 1 aliphatic rings. The highest BCUT2D eigenvalue weighted by molar-refractivity contribution is 6.30. The van der Waals surface area contributed by atoms with E-state index in [1.807, 2.05) is 39.0 Å². The Morgan fingerprint density at radius 1 is 1.16 bits per heavy atom. The zero-order valence-electron chi connectivity index (χ0n) is 18.9. The minimum Gasteiger partial charge on any atom is -0.496 e. The Morgan fingerprint density at radius 2 is 1.84 bits per heavy atom. The van der Waals surface area contributed by atoms with Gasteiger partial charge in [0.2, 0.25) is 0 Å². The number of carbonyl (C=O) groups is 1. The monoisotopic (exact) mass is 453 g/mol. The maximum Gasteiger partial charge on any atom is 0.346 e. The number of nitrogens with zero attached hydrogens (tertiary/aromatic N) is 3. The third-order valence-electron chi connectivity index (χ3n) is 5.51. The molecule has 0 N–H and O–H groups in total. The minimum atomic E-state index is -0.146. The fourth-order valence-electron chi connectivity index (χ4n) is 3.77. The molecular weight excluding hydrogens is 426 g/mol. The van der Waals surface area contributed by atoms with Crippen LogP contribution < -0.4 is 10.4 Å². The van der Waals surface area contributed by atoms with Crippen molar-refractivity contribution in [3.05, 3.63) is 69.1 Å². The molecule has 3 aromatic rings. The highest BCUT2D eigenvalue weighted by Crippen LogP contribution is 2.36. The van der Waals surface area contributed by atoms with Crippen molar-refractivity contribution >= 4 is 17.4 Å². The first-order chi connectivity index (χ1) is 15.2. The highest BCUT2D eigenvalue weighted by Gasteiger charge is 2.30. The first-order valence-electron chi connectivity index (χ1n) is 10.8. The van der Waals surface area contributed by atoms with E-state index >= 15 is 0 Å². The molecule has 0 amide bonds. The summed E-state index contributed by atoms with van der Waals surface area (Å²) >= 11 is 6.03. The number of hydrogen-bond acceptors (Lipinski definition) is 4. The molecule has 0 radical (unpaired) electrons. The molecule has 0 aliphatic heterocycles. The van der Waals surface area contributed by atoms with Crippen LogP contribution in [-0.2, 0) is 6.54 Å². The molecule has 1 aromatic heterocycles. The molecule has 0 unspecified atom stereocenters. The number of methoxy groups -OCH3 is 1. The van der Waals surface area contributed by atoms with Crippen molar-refractivity contribution in [3.63, 3.8) is 0 Å². The number of rotatable bonds is 7. The van der Waals surface area contributed by atoms with E-state index in [4.69, 9.17) is 16.3 Å². The Hall–Kier alpha value is -2.86. The summed E-state index contributed by atoms with van der Waals surface area (Å²) < 4.78 is 8.80. The van der Waals surface area contributed by atoms with Crippen LogP contribution in [0.4, 0.5) is 0 Å². The fourth-order valence-corrected chi connectivity index (χ4v) is 3.90. The third-order valence-corrected chi connectivity index (χ3v) is 5.76. The van der Waals surface area contributed by atoms with Crippen molar-refractivity contribution in [3.8, 4) is 17.1 Å². The van der Waals surface area contributed by atoms with Crippen LogP contribution in [0.5, 0.6) is 5.75 Å². The van der Waals surface area contributed by atoms with Gasteiger partial charge in [0, 0.05) is 34.2 Å². The largest absolute Gasteiger partial charge is 0.496 e. The van der Waals surface area contributed by atoms with Crippen LogP contribution in [0.2, 0.25) is 5.02 Å². The smallest absolute Gasteiger partial charge is 0.346 e. The van der Waals surface area contributed by atoms with Crippen LogP contribution in [0.25, 0.3) is 11.4 Å². The first-order valence-corrected chi connectivity index (χ1v) is 11.2. The van der Waals surface area contributed by atoms with Gasteiger partial charge in [0.25, 0.3) is 0 Å². The predicted molar refractivity (Wildman–Crippen MR) is 126 cm³/mol. The maximum atomic E-state index is 13.2. The summed E-state index contributed by atoms with van der Waals surface area (Å²) in [4.78, 5) is 25.8. The number of halogens is 1. The summed E-state index contributed by atoms with van der Waals surface area (Å²) in [6.45, 7) is 6.38. The molecule has 7 heteroatoms. The minimum absolute atomic E-state index is 0.0718. The van der Waals surface area contributed by atoms with E-state index in [-0.39, 0.29) is 29.5 Å². The summed E-state index contributed by atoms with van der Waals surface area (Å²) in [7, 11) is 1.57. The predicted octanol–water partition coefficient (Wildman–Crippen LogP) is 5.38. The quantitative estimate of drug-likeness (QED) is 0.451. The van der Waals surface area contributed by atoms with E-state index in [1.54, 1.807) is 35.9 Å². The zero-order valence-corrected chi connectivity index (χ0v) is 19.6. The molecule has 6 nitrogen and oxygen atoms in total. The van der Waals surface area contributed by atoms with Gasteiger partial charge in [-0.1, -0.05) is 44.5 Å². The van der Waals surface area contributed by atoms with Gasteiger partial charge in [-0.2, -0.15) is 0 Å². The molecule has 2 aromatic carbocycles. The lowest BCUT2D eigenvalue weighted by Crippen LogP contribution is -2.25. The lowest BCUT2D eigenvalue weighted by molar-refractivity contribution is 0.0939. The van der Waals surface area contributed by atoms with Crippen LogP contribution >= 0.6 is 11.6 Å². The Labute approximate surface area is 192 Å². The summed E-state index contributed by atoms with van der Waals surface area (Å²) in [6, 6.07) is 12.9. The number of hydrogen-bond donors (Lipinski definition) is 0. The molecule has 4 rings (SSSR count). The Bertz CT molecular complexity index is 1200. The van der Waals surface area contributed by atoms with Crippen molar-refractivity contribution in [1.82, 2.24) is 14.3 Å². The molecule has 1 saturated carbocycles. The van der Waals surface area contributed by atoms with Gasteiger partial charge >= 0.3 is 5.69 Å². The van der Waals surface area contributed by atoms with E-state index < -0.39 is 0 Å². The van der Waals surface area contributed by atoms with Crippen LogP contribution in [0.1, 0.15) is 62.0 Å². The summed E-state index contributed by atoms with van der Waals surface area (Å²) in [5.74, 6) is 1.29. The van der Waals surface area contributed by atoms with Crippen LogP contribution in [0.15, 0.2) is 47.3 Å². The normalized spacial score (nSPS) is 13.9. The Balaban J connectivity index is 1.67. The summed E-state index contributed by atoms with van der Waals surface area (Å²) in [6.07, 6.45) is 2.39. The lowest BCUT2D eigenvalue weighted by Gasteiger charge is -2.17. The van der Waals surface area contributed by atoms with Gasteiger partial charge in [-0.25, -0.2) is 9.48 Å². The third kappa shape index (κ3) is 4.80. The lowest BCUT2D eigenvalue weighted by atomic mass is 9.87. The number of benzene rings is 2. The van der Waals surface area contributed by atoms with Crippen LogP contribution in [-0.4, -0.2) is 27.2 Å². The van der Waals surface area contributed by atoms with Gasteiger partial charge in [0.1, 0.15) is 5.75 Å². The van der Waals surface area contributed by atoms with Crippen molar-refractivity contribution < 1.29 is 9.53 Å². The average molecular weight is 454 g/mol. The number of ether oxygens (including phenoxy) is 1. The molecule has 0 bridgehead atoms.